The van der Waals surface area contributed by atoms with E-state index in [-0.39, 0.29) is 0 Å². The number of nitrogens with zero attached hydrogens (tertiary/aromatic N) is 1. The third kappa shape index (κ3) is 1.69. The van der Waals surface area contributed by atoms with Crippen molar-refractivity contribution >= 4 is 0 Å². The van der Waals surface area contributed by atoms with Gasteiger partial charge in [0.25, 0.3) is 0 Å². The molecule has 0 aliphatic rings. The third-order valence-electron chi connectivity index (χ3n) is 2.18. The van der Waals surface area contributed by atoms with Crippen LogP contribution < -0.4 is 0 Å². The summed E-state index contributed by atoms with van der Waals surface area (Å²) in [5.41, 5.74) is 2.14. The molecule has 0 aromatic carbocycles. The number of hydrogen-bond donors (Lipinski definition) is 0. The molecular weight excluding hydrogens is 174 g/mol. The van der Waals surface area contributed by atoms with Crippen LogP contribution in [0.5, 0.6) is 0 Å². The summed E-state index contributed by atoms with van der Waals surface area (Å²) in [7, 11) is 0. The van der Waals surface area contributed by atoms with E-state index < -0.39 is 0 Å². The van der Waals surface area contributed by atoms with Crippen molar-refractivity contribution in [3.8, 4) is 11.3 Å². The summed E-state index contributed by atoms with van der Waals surface area (Å²) in [6.07, 6.45) is 3.53. The molecule has 0 bridgehead atoms. The van der Waals surface area contributed by atoms with Crippen LogP contribution in [0.2, 0.25) is 0 Å². The SMILES string of the molecule is CC(C)c1ccc(-c2ccco2)cn1. The summed E-state index contributed by atoms with van der Waals surface area (Å²) in [6, 6.07) is 7.90. The molecule has 0 aliphatic carbocycles. The van der Waals surface area contributed by atoms with Crippen LogP contribution in [-0.2, 0) is 0 Å². The Bertz CT molecular complexity index is 387. The maximum Gasteiger partial charge on any atom is 0.135 e. The maximum atomic E-state index is 5.28. The van der Waals surface area contributed by atoms with E-state index in [1.54, 1.807) is 6.26 Å². The molecule has 0 saturated carbocycles. The molecule has 0 saturated heterocycles. The minimum Gasteiger partial charge on any atom is -0.464 e. The molecule has 0 radical (unpaired) electrons. The molecule has 0 unspecified atom stereocenters. The number of pyridine rings is 1. The molecule has 2 aromatic rings. The lowest BCUT2D eigenvalue weighted by atomic mass is 10.1. The van der Waals surface area contributed by atoms with Crippen molar-refractivity contribution < 1.29 is 4.42 Å². The van der Waals surface area contributed by atoms with E-state index in [4.69, 9.17) is 4.42 Å². The van der Waals surface area contributed by atoms with Gasteiger partial charge in [-0.15, -0.1) is 0 Å². The average molecular weight is 187 g/mol. The van der Waals surface area contributed by atoms with Gasteiger partial charge in [-0.05, 0) is 30.2 Å². The van der Waals surface area contributed by atoms with Crippen molar-refractivity contribution in [3.05, 3.63) is 42.4 Å². The Morgan fingerprint density at radius 1 is 1.21 bits per heavy atom. The smallest absolute Gasteiger partial charge is 0.135 e. The van der Waals surface area contributed by atoms with E-state index in [2.05, 4.69) is 18.8 Å². The fourth-order valence-electron chi connectivity index (χ4n) is 1.34. The molecule has 2 rings (SSSR count). The normalized spacial score (nSPS) is 10.8. The summed E-state index contributed by atoms with van der Waals surface area (Å²) < 4.78 is 5.28. The first-order chi connectivity index (χ1) is 6.77. The quantitative estimate of drug-likeness (QED) is 0.719. The van der Waals surface area contributed by atoms with Crippen LogP contribution in [-0.4, -0.2) is 4.98 Å². The minimum absolute atomic E-state index is 0.473. The highest BCUT2D eigenvalue weighted by molar-refractivity contribution is 5.55. The number of aromatic nitrogens is 1. The Morgan fingerprint density at radius 3 is 2.57 bits per heavy atom. The van der Waals surface area contributed by atoms with Gasteiger partial charge in [-0.2, -0.15) is 0 Å². The van der Waals surface area contributed by atoms with E-state index in [0.717, 1.165) is 17.0 Å². The highest BCUT2D eigenvalue weighted by Gasteiger charge is 2.03. The van der Waals surface area contributed by atoms with Gasteiger partial charge in [0.05, 0.1) is 6.26 Å². The van der Waals surface area contributed by atoms with Crippen LogP contribution in [0, 0.1) is 0 Å². The molecule has 0 aliphatic heterocycles. The summed E-state index contributed by atoms with van der Waals surface area (Å²) >= 11 is 0. The fourth-order valence-corrected chi connectivity index (χ4v) is 1.34. The molecule has 0 fully saturated rings. The van der Waals surface area contributed by atoms with Crippen molar-refractivity contribution in [1.29, 1.82) is 0 Å². The predicted molar refractivity (Wildman–Crippen MR) is 56.0 cm³/mol. The molecular formula is C12H13NO. The lowest BCUT2D eigenvalue weighted by Gasteiger charge is -2.03. The van der Waals surface area contributed by atoms with Crippen LogP contribution in [0.1, 0.15) is 25.5 Å². The summed E-state index contributed by atoms with van der Waals surface area (Å²) in [6.45, 7) is 4.27. The van der Waals surface area contributed by atoms with Crippen molar-refractivity contribution in [3.63, 3.8) is 0 Å². The summed E-state index contributed by atoms with van der Waals surface area (Å²) in [5, 5.41) is 0. The second-order valence-corrected chi connectivity index (χ2v) is 3.60. The second kappa shape index (κ2) is 3.66. The van der Waals surface area contributed by atoms with E-state index >= 15 is 0 Å². The molecule has 2 nitrogen and oxygen atoms in total. The number of hydrogen-bond acceptors (Lipinski definition) is 2. The van der Waals surface area contributed by atoms with Crippen molar-refractivity contribution in [2.75, 3.05) is 0 Å². The monoisotopic (exact) mass is 187 g/mol. The third-order valence-corrected chi connectivity index (χ3v) is 2.18. The molecule has 2 heterocycles. The first-order valence-electron chi connectivity index (χ1n) is 4.77. The number of furan rings is 1. The molecule has 2 aromatic heterocycles. The molecule has 0 spiro atoms. The molecule has 0 atom stereocenters. The van der Waals surface area contributed by atoms with Gasteiger partial charge >= 0.3 is 0 Å². The zero-order chi connectivity index (χ0) is 9.97. The Balaban J connectivity index is 2.31. The van der Waals surface area contributed by atoms with Gasteiger partial charge in [0, 0.05) is 17.5 Å². The van der Waals surface area contributed by atoms with Crippen molar-refractivity contribution in [2.45, 2.75) is 19.8 Å². The Morgan fingerprint density at radius 2 is 2.07 bits per heavy atom. The van der Waals surface area contributed by atoms with E-state index in [1.165, 1.54) is 0 Å². The van der Waals surface area contributed by atoms with E-state index in [9.17, 15) is 0 Å². The minimum atomic E-state index is 0.473. The average Bonchev–Trinajstić information content (AvgIpc) is 2.71. The van der Waals surface area contributed by atoms with Crippen LogP contribution in [0.4, 0.5) is 0 Å². The van der Waals surface area contributed by atoms with Crippen LogP contribution in [0.3, 0.4) is 0 Å². The highest BCUT2D eigenvalue weighted by atomic mass is 16.3. The van der Waals surface area contributed by atoms with E-state index in [0.29, 0.717) is 5.92 Å². The first-order valence-corrected chi connectivity index (χ1v) is 4.77. The van der Waals surface area contributed by atoms with Gasteiger partial charge in [0.15, 0.2) is 0 Å². The lowest BCUT2D eigenvalue weighted by molar-refractivity contribution is 0.582. The molecule has 72 valence electrons. The second-order valence-electron chi connectivity index (χ2n) is 3.60. The van der Waals surface area contributed by atoms with Crippen LogP contribution in [0.15, 0.2) is 41.1 Å². The summed E-state index contributed by atoms with van der Waals surface area (Å²) in [5.74, 6) is 1.34. The van der Waals surface area contributed by atoms with Gasteiger partial charge in [-0.25, -0.2) is 0 Å². The Hall–Kier alpha value is -1.57. The zero-order valence-corrected chi connectivity index (χ0v) is 8.40. The van der Waals surface area contributed by atoms with Crippen molar-refractivity contribution in [1.82, 2.24) is 4.98 Å². The molecule has 14 heavy (non-hydrogen) atoms. The van der Waals surface area contributed by atoms with Gasteiger partial charge in [0.1, 0.15) is 5.76 Å². The fraction of sp³-hybridized carbons (Fsp3) is 0.250. The van der Waals surface area contributed by atoms with Gasteiger partial charge < -0.3 is 4.42 Å². The Labute approximate surface area is 83.6 Å². The van der Waals surface area contributed by atoms with Gasteiger partial charge in [0.2, 0.25) is 0 Å². The summed E-state index contributed by atoms with van der Waals surface area (Å²) in [4.78, 5) is 4.37. The standard InChI is InChI=1S/C12H13NO/c1-9(2)11-6-5-10(8-13-11)12-4-3-7-14-12/h3-9H,1-2H3. The molecule has 0 amide bonds. The van der Waals surface area contributed by atoms with Crippen LogP contribution >= 0.6 is 0 Å². The van der Waals surface area contributed by atoms with Gasteiger partial charge in [-0.1, -0.05) is 13.8 Å². The van der Waals surface area contributed by atoms with Crippen molar-refractivity contribution in [2.24, 2.45) is 0 Å². The molecule has 2 heteroatoms. The zero-order valence-electron chi connectivity index (χ0n) is 8.40. The first kappa shape index (κ1) is 9.00. The number of rotatable bonds is 2. The molecule has 0 N–H and O–H groups in total. The van der Waals surface area contributed by atoms with E-state index in [1.807, 2.05) is 30.5 Å². The maximum absolute atomic E-state index is 5.28. The Kier molecular flexibility index (Phi) is 2.35. The lowest BCUT2D eigenvalue weighted by Crippen LogP contribution is -1.91. The predicted octanol–water partition coefficient (Wildman–Crippen LogP) is 3.47. The highest BCUT2D eigenvalue weighted by Crippen LogP contribution is 2.20. The topological polar surface area (TPSA) is 26.0 Å². The van der Waals surface area contributed by atoms with Gasteiger partial charge in [-0.3, -0.25) is 4.98 Å². The largest absolute Gasteiger partial charge is 0.464 e. The van der Waals surface area contributed by atoms with Crippen LogP contribution in [0.25, 0.3) is 11.3 Å².